The van der Waals surface area contributed by atoms with Crippen LogP contribution in [-0.2, 0) is 11.0 Å². The maximum Gasteiger partial charge on any atom is 0.297 e. The Balaban J connectivity index is 1.23. The molecule has 2 N–H and O–H groups in total. The third-order valence-electron chi connectivity index (χ3n) is 8.74. The van der Waals surface area contributed by atoms with E-state index < -0.39 is 34.1 Å². The summed E-state index contributed by atoms with van der Waals surface area (Å²) in [6, 6.07) is 0.0767. The topological polar surface area (TPSA) is 99.8 Å². The summed E-state index contributed by atoms with van der Waals surface area (Å²) in [6.45, 7) is 13.7. The van der Waals surface area contributed by atoms with Crippen molar-refractivity contribution in [3.05, 3.63) is 25.7 Å². The monoisotopic (exact) mass is 707 g/mol. The molecule has 3 saturated heterocycles. The number of ether oxygens (including phenoxy) is 2. The van der Waals surface area contributed by atoms with Crippen LogP contribution >= 0.6 is 27.5 Å². The molecule has 0 radical (unpaired) electrons. The van der Waals surface area contributed by atoms with E-state index in [9.17, 15) is 13.4 Å². The Morgan fingerprint density at radius 2 is 2.05 bits per heavy atom. The molecule has 0 amide bonds. The van der Waals surface area contributed by atoms with Crippen LogP contribution in [-0.4, -0.2) is 91.8 Å². The summed E-state index contributed by atoms with van der Waals surface area (Å²) in [7, 11) is -1.06. The molecule has 2 aromatic rings. The molecule has 14 heteroatoms. The normalized spacial score (nSPS) is 27.1. The molecule has 1 unspecified atom stereocenters. The van der Waals surface area contributed by atoms with Crippen LogP contribution in [0.15, 0.2) is 9.27 Å². The lowest BCUT2D eigenvalue weighted by molar-refractivity contribution is 0.0659. The van der Waals surface area contributed by atoms with Gasteiger partial charge in [-0.3, -0.25) is 14.7 Å². The average molecular weight is 709 g/mol. The maximum atomic E-state index is 15.3. The van der Waals surface area contributed by atoms with Crippen molar-refractivity contribution in [1.29, 1.82) is 0 Å². The highest BCUT2D eigenvalue weighted by Crippen LogP contribution is 2.42. The minimum absolute atomic E-state index is 0.0270. The molecule has 3 aliphatic heterocycles. The van der Waals surface area contributed by atoms with Crippen molar-refractivity contribution in [2.24, 2.45) is 11.8 Å². The van der Waals surface area contributed by atoms with Gasteiger partial charge in [0, 0.05) is 44.6 Å². The Morgan fingerprint density at radius 1 is 1.30 bits per heavy atom. The Kier molecular flexibility index (Phi) is 9.81. The molecule has 0 aliphatic carbocycles. The Hall–Kier alpha value is -1.38. The first-order valence-electron chi connectivity index (χ1n) is 14.9. The van der Waals surface area contributed by atoms with Crippen LogP contribution in [0.2, 0.25) is 5.02 Å². The Morgan fingerprint density at radius 3 is 2.74 bits per heavy atom. The lowest BCUT2D eigenvalue weighted by atomic mass is 9.83. The zero-order chi connectivity index (χ0) is 31.3. The summed E-state index contributed by atoms with van der Waals surface area (Å²) in [4.78, 5) is 22.1. The van der Waals surface area contributed by atoms with Crippen molar-refractivity contribution in [3.8, 4) is 11.8 Å². The van der Waals surface area contributed by atoms with E-state index in [1.165, 1.54) is 0 Å². The number of hydrogen-bond acceptors (Lipinski definition) is 7. The number of nitrogens with zero attached hydrogens (tertiary/aromatic N) is 3. The highest BCUT2D eigenvalue weighted by Gasteiger charge is 2.49. The predicted molar refractivity (Wildman–Crippen MR) is 169 cm³/mol. The molecule has 5 rings (SSSR count). The number of hydrogen-bond donors (Lipinski definition) is 2. The fraction of sp³-hybridized carbons (Fsp3) is 0.724. The van der Waals surface area contributed by atoms with Crippen molar-refractivity contribution in [2.45, 2.75) is 76.4 Å². The number of aromatic amines is 1. The third-order valence-corrected chi connectivity index (χ3v) is 11.9. The standard InChI is InChI=1S/C29H41BrClF2N5O4S/c1-16(2)24-17(13-38(24)43(40)28(3,4)5)12-34-8-10-41-25-19-23(22(33)20(30)21(25)31)35-27(36-26(19)39)42-15-29-7-6-9-37(29)14-18(32)11-29/h16-18,24,34H,6-15H2,1-5H3,(H,35,36,39)/t17-,18-,24-,29+,43?/m1/s1. The lowest BCUT2D eigenvalue weighted by Gasteiger charge is -2.51. The number of nitrogens with one attached hydrogen (secondary N) is 2. The number of fused-ring (bicyclic) bond motifs is 2. The van der Waals surface area contributed by atoms with Crippen LogP contribution in [0.3, 0.4) is 0 Å². The number of aromatic nitrogens is 2. The van der Waals surface area contributed by atoms with Crippen molar-refractivity contribution in [1.82, 2.24) is 24.5 Å². The van der Waals surface area contributed by atoms with E-state index >= 15 is 4.39 Å². The van der Waals surface area contributed by atoms with Gasteiger partial charge in [0.15, 0.2) is 11.6 Å². The van der Waals surface area contributed by atoms with Gasteiger partial charge in [-0.2, -0.15) is 4.98 Å². The molecule has 0 saturated carbocycles. The van der Waals surface area contributed by atoms with E-state index in [2.05, 4.69) is 54.3 Å². The number of halogens is 4. The van der Waals surface area contributed by atoms with Crippen molar-refractivity contribution >= 4 is 49.4 Å². The molecule has 5 atom stereocenters. The van der Waals surface area contributed by atoms with Gasteiger partial charge in [0.2, 0.25) is 0 Å². The molecule has 1 aromatic carbocycles. The number of benzene rings is 1. The predicted octanol–water partition coefficient (Wildman–Crippen LogP) is 4.82. The van der Waals surface area contributed by atoms with Gasteiger partial charge in [-0.1, -0.05) is 25.4 Å². The van der Waals surface area contributed by atoms with E-state index in [1.807, 2.05) is 20.8 Å². The average Bonchev–Trinajstić information content (AvgIpc) is 3.43. The maximum absolute atomic E-state index is 15.3. The van der Waals surface area contributed by atoms with Crippen molar-refractivity contribution < 1.29 is 22.5 Å². The van der Waals surface area contributed by atoms with Crippen LogP contribution in [0.1, 0.15) is 53.9 Å². The van der Waals surface area contributed by atoms with Crippen LogP contribution in [0.4, 0.5) is 8.78 Å². The molecule has 43 heavy (non-hydrogen) atoms. The number of rotatable bonds is 11. The Labute approximate surface area is 267 Å². The fourth-order valence-corrected chi connectivity index (χ4v) is 9.02. The van der Waals surface area contributed by atoms with Gasteiger partial charge < -0.3 is 14.8 Å². The smallest absolute Gasteiger partial charge is 0.297 e. The molecule has 240 valence electrons. The fourth-order valence-electron chi connectivity index (χ4n) is 6.75. The highest BCUT2D eigenvalue weighted by atomic mass is 79.9. The highest BCUT2D eigenvalue weighted by molar-refractivity contribution is 9.10. The second kappa shape index (κ2) is 12.8. The minimum Gasteiger partial charge on any atom is -0.490 e. The van der Waals surface area contributed by atoms with Gasteiger partial charge in [0.25, 0.3) is 11.6 Å². The molecule has 0 bridgehead atoms. The first-order valence-corrected chi connectivity index (χ1v) is 17.2. The van der Waals surface area contributed by atoms with Crippen LogP contribution in [0.25, 0.3) is 10.9 Å². The van der Waals surface area contributed by atoms with E-state index in [0.717, 1.165) is 32.5 Å². The molecule has 9 nitrogen and oxygen atoms in total. The largest absolute Gasteiger partial charge is 0.490 e. The Bertz CT molecular complexity index is 1440. The summed E-state index contributed by atoms with van der Waals surface area (Å²) in [5, 5.41) is 3.22. The van der Waals surface area contributed by atoms with Crippen molar-refractivity contribution in [2.75, 3.05) is 45.9 Å². The third kappa shape index (κ3) is 6.49. The van der Waals surface area contributed by atoms with E-state index in [-0.39, 0.29) is 56.2 Å². The quantitative estimate of drug-likeness (QED) is 0.255. The van der Waals surface area contributed by atoms with Gasteiger partial charge in [-0.15, -0.1) is 0 Å². The molecule has 3 fully saturated rings. The van der Waals surface area contributed by atoms with Gasteiger partial charge in [0.1, 0.15) is 35.3 Å². The molecule has 0 spiro atoms. The van der Waals surface area contributed by atoms with E-state index in [0.29, 0.717) is 31.3 Å². The first kappa shape index (κ1) is 33.0. The second-order valence-corrected chi connectivity index (χ2v) is 16.6. The van der Waals surface area contributed by atoms with Gasteiger partial charge >= 0.3 is 0 Å². The SMILES string of the molecule is CC(C)[C@@H]1[C@H](CNCCOc2c(Cl)c(Br)c(F)c3nc(OC[C@@]45CCCN4C[C@H](F)C5)[nH]c(=O)c23)CN1S(=O)C(C)(C)C. The molecule has 1 aromatic heterocycles. The molecular weight excluding hydrogens is 668 g/mol. The summed E-state index contributed by atoms with van der Waals surface area (Å²) in [5.74, 6) is -0.0710. The zero-order valence-corrected chi connectivity index (χ0v) is 28.4. The van der Waals surface area contributed by atoms with Gasteiger partial charge in [-0.05, 0) is 62.0 Å². The van der Waals surface area contributed by atoms with Gasteiger partial charge in [0.05, 0.1) is 25.7 Å². The lowest BCUT2D eigenvalue weighted by Crippen LogP contribution is -2.63. The van der Waals surface area contributed by atoms with Gasteiger partial charge in [-0.25, -0.2) is 17.3 Å². The van der Waals surface area contributed by atoms with E-state index in [4.69, 9.17) is 21.1 Å². The zero-order valence-electron chi connectivity index (χ0n) is 25.3. The summed E-state index contributed by atoms with van der Waals surface area (Å²) >= 11 is 9.59. The number of alkyl halides is 1. The first-order chi connectivity index (χ1) is 20.2. The molecule has 3 aliphatic rings. The molecule has 4 heterocycles. The summed E-state index contributed by atoms with van der Waals surface area (Å²) in [6.07, 6.45) is 1.18. The summed E-state index contributed by atoms with van der Waals surface area (Å²) in [5.41, 5.74) is -1.31. The minimum atomic E-state index is -1.06. The van der Waals surface area contributed by atoms with Crippen LogP contribution in [0, 0.1) is 17.7 Å². The van der Waals surface area contributed by atoms with Crippen LogP contribution in [0.5, 0.6) is 11.8 Å². The van der Waals surface area contributed by atoms with Crippen LogP contribution < -0.4 is 20.3 Å². The molecular formula is C29H41BrClF2N5O4S. The second-order valence-electron chi connectivity index (χ2n) is 13.2. The number of H-pyrrole nitrogens is 1. The van der Waals surface area contributed by atoms with Crippen molar-refractivity contribution in [3.63, 3.8) is 0 Å². The summed E-state index contributed by atoms with van der Waals surface area (Å²) < 4.78 is 55.9. The van der Waals surface area contributed by atoms with E-state index in [1.54, 1.807) is 0 Å².